The van der Waals surface area contributed by atoms with Crippen molar-refractivity contribution in [3.63, 3.8) is 0 Å². The number of rotatable bonds is 3. The van der Waals surface area contributed by atoms with E-state index in [2.05, 4.69) is 37.4 Å². The molecule has 1 heterocycles. The van der Waals surface area contributed by atoms with Crippen LogP contribution in [0.5, 0.6) is 0 Å². The zero-order valence-corrected chi connectivity index (χ0v) is 21.8. The van der Waals surface area contributed by atoms with Crippen LogP contribution in [-0.2, 0) is 4.79 Å². The van der Waals surface area contributed by atoms with Crippen molar-refractivity contribution in [3.8, 4) is 0 Å². The van der Waals surface area contributed by atoms with E-state index < -0.39 is 39.8 Å². The molecule has 0 saturated heterocycles. The highest BCUT2D eigenvalue weighted by molar-refractivity contribution is 7.14. The Balaban J connectivity index is 1.54. The molecule has 0 bridgehead atoms. The summed E-state index contributed by atoms with van der Waals surface area (Å²) in [5.41, 5.74) is 0.191. The third-order valence-electron chi connectivity index (χ3n) is 9.76. The van der Waals surface area contributed by atoms with E-state index in [4.69, 9.17) is 16.6 Å². The van der Waals surface area contributed by atoms with E-state index in [9.17, 15) is 20.1 Å². The molecule has 4 aliphatic carbocycles. The predicted molar refractivity (Wildman–Crippen MR) is 136 cm³/mol. The van der Waals surface area contributed by atoms with Gasteiger partial charge in [-0.2, -0.15) is 0 Å². The topological polar surface area (TPSA) is 90.1 Å². The molecule has 34 heavy (non-hydrogen) atoms. The van der Waals surface area contributed by atoms with Crippen molar-refractivity contribution < 1.29 is 20.1 Å². The first-order valence-electron chi connectivity index (χ1n) is 12.2. The Morgan fingerprint density at radius 3 is 2.71 bits per heavy atom. The summed E-state index contributed by atoms with van der Waals surface area (Å²) in [5.74, 6) is -0.965. The number of aliphatic hydroxyl groups excluding tert-OH is 2. The van der Waals surface area contributed by atoms with Gasteiger partial charge in [-0.15, -0.1) is 22.9 Å². The van der Waals surface area contributed by atoms with Crippen LogP contribution >= 0.6 is 22.9 Å². The molecule has 0 unspecified atom stereocenters. The molecule has 3 saturated carbocycles. The number of allylic oxidation sites excluding steroid dienone is 4. The van der Waals surface area contributed by atoms with Crippen LogP contribution in [0.2, 0.25) is 0 Å². The van der Waals surface area contributed by atoms with Gasteiger partial charge in [-0.25, -0.2) is 4.99 Å². The molecular formula is C27H34ClNO4S. The molecule has 0 spiro atoms. The number of carbonyl (C=O) groups is 1. The Morgan fingerprint density at radius 2 is 2.06 bits per heavy atom. The molecule has 0 aliphatic heterocycles. The Morgan fingerprint density at radius 1 is 1.32 bits per heavy atom. The summed E-state index contributed by atoms with van der Waals surface area (Å²) in [6.07, 6.45) is 7.79. The number of aryl methyl sites for hydroxylation is 1. The second-order valence-electron chi connectivity index (χ2n) is 11.3. The van der Waals surface area contributed by atoms with Crippen molar-refractivity contribution in [2.45, 2.75) is 70.0 Å². The lowest BCUT2D eigenvalue weighted by molar-refractivity contribution is -0.179. The molecule has 1 aromatic heterocycles. The van der Waals surface area contributed by atoms with Gasteiger partial charge >= 0.3 is 0 Å². The third kappa shape index (κ3) is 2.95. The van der Waals surface area contributed by atoms with Crippen molar-refractivity contribution >= 4 is 39.4 Å². The summed E-state index contributed by atoms with van der Waals surface area (Å²) in [5, 5.41) is 36.0. The van der Waals surface area contributed by atoms with Crippen molar-refractivity contribution in [1.29, 1.82) is 0 Å². The number of aliphatic imine (C=N–C) groups is 1. The van der Waals surface area contributed by atoms with E-state index in [0.717, 1.165) is 23.6 Å². The minimum atomic E-state index is -1.66. The first kappa shape index (κ1) is 24.4. The molecule has 1 aromatic rings. The largest absolute Gasteiger partial charge is 0.391 e. The Kier molecular flexibility index (Phi) is 5.63. The molecule has 184 valence electrons. The number of thiophene rings is 1. The SMILES string of the molecule is Cc1csc(N=C2C=C[C@@]3(C)C(=C2)CC[C@H]2[C@@H]4C[C@H](C)[C@](O)(C(=O)CO)[C@@]4(C)C[C@H](O)[C@@]23Cl)c1. The lowest BCUT2D eigenvalue weighted by Crippen LogP contribution is -2.69. The van der Waals surface area contributed by atoms with Gasteiger partial charge in [0.2, 0.25) is 0 Å². The summed E-state index contributed by atoms with van der Waals surface area (Å²) in [6.45, 7) is 7.25. The van der Waals surface area contributed by atoms with E-state index in [0.29, 0.717) is 6.42 Å². The Labute approximate surface area is 210 Å². The van der Waals surface area contributed by atoms with E-state index in [-0.39, 0.29) is 24.2 Å². The highest BCUT2D eigenvalue weighted by Crippen LogP contribution is 2.71. The number of hydrogen-bond acceptors (Lipinski definition) is 6. The molecule has 5 nitrogen and oxygen atoms in total. The highest BCUT2D eigenvalue weighted by Gasteiger charge is 2.74. The molecule has 7 heteroatoms. The average molecular weight is 504 g/mol. The second kappa shape index (κ2) is 7.84. The fourth-order valence-electron chi connectivity index (χ4n) is 7.94. The summed E-state index contributed by atoms with van der Waals surface area (Å²) in [4.78, 5) is 16.6. The Bertz CT molecular complexity index is 1130. The van der Waals surface area contributed by atoms with Gasteiger partial charge in [0.25, 0.3) is 0 Å². The van der Waals surface area contributed by atoms with Crippen LogP contribution < -0.4 is 0 Å². The maximum Gasteiger partial charge on any atom is 0.190 e. The standard InChI is InChI=1S/C27H34ClNO4S/c1-15-9-23(34-14-15)29-18-7-8-24(3)17(11-18)5-6-19-20-10-16(2)27(33,22(32)13-30)25(20,4)12-21(31)26(19,24)28/h7-9,11,14,16,19-21,30-31,33H,5-6,10,12-13H2,1-4H3/t16-,19-,20-,21-,24-,25-,26-,27-/m0/s1. The fourth-order valence-corrected chi connectivity index (χ4v) is 9.25. The van der Waals surface area contributed by atoms with Gasteiger partial charge < -0.3 is 15.3 Å². The van der Waals surface area contributed by atoms with Crippen molar-refractivity contribution in [1.82, 2.24) is 0 Å². The number of fused-ring (bicyclic) bond motifs is 5. The molecule has 5 rings (SSSR count). The van der Waals surface area contributed by atoms with E-state index in [1.807, 2.05) is 19.9 Å². The van der Waals surface area contributed by atoms with Crippen LogP contribution in [-0.4, -0.2) is 50.0 Å². The zero-order valence-electron chi connectivity index (χ0n) is 20.2. The number of Topliss-reactive ketones (excluding diaryl/α,β-unsaturated/α-hetero) is 1. The number of hydrogen-bond donors (Lipinski definition) is 3. The van der Waals surface area contributed by atoms with E-state index in [1.165, 1.54) is 11.1 Å². The lowest BCUT2D eigenvalue weighted by Gasteiger charge is -2.64. The molecule has 4 aliphatic rings. The number of alkyl halides is 1. The van der Waals surface area contributed by atoms with Crippen molar-refractivity contribution in [3.05, 3.63) is 40.8 Å². The van der Waals surface area contributed by atoms with Crippen LogP contribution in [0.15, 0.2) is 40.2 Å². The molecule has 3 N–H and O–H groups in total. The van der Waals surface area contributed by atoms with Gasteiger partial charge in [-0.1, -0.05) is 32.4 Å². The van der Waals surface area contributed by atoms with E-state index in [1.54, 1.807) is 11.3 Å². The first-order valence-corrected chi connectivity index (χ1v) is 13.4. The smallest absolute Gasteiger partial charge is 0.190 e. The third-order valence-corrected chi connectivity index (χ3v) is 11.6. The lowest BCUT2D eigenvalue weighted by atomic mass is 9.45. The quantitative estimate of drug-likeness (QED) is 0.520. The molecular weight excluding hydrogens is 470 g/mol. The summed E-state index contributed by atoms with van der Waals surface area (Å²) >= 11 is 9.16. The number of nitrogens with zero attached hydrogens (tertiary/aromatic N) is 1. The molecule has 3 fully saturated rings. The maximum absolute atomic E-state index is 12.8. The fraction of sp³-hybridized carbons (Fsp3) is 0.630. The minimum Gasteiger partial charge on any atom is -0.391 e. The van der Waals surface area contributed by atoms with Crippen LogP contribution in [0.1, 0.15) is 52.0 Å². The zero-order chi connectivity index (χ0) is 24.7. The molecule has 0 radical (unpaired) electrons. The second-order valence-corrected chi connectivity index (χ2v) is 12.9. The highest BCUT2D eigenvalue weighted by atomic mass is 35.5. The number of aliphatic hydroxyl groups is 3. The average Bonchev–Trinajstić information content (AvgIpc) is 3.28. The van der Waals surface area contributed by atoms with Gasteiger partial charge in [-0.3, -0.25) is 4.79 Å². The number of ketones is 1. The normalized spacial score (nSPS) is 46.6. The molecule has 0 amide bonds. The molecule has 8 atom stereocenters. The van der Waals surface area contributed by atoms with Gasteiger partial charge in [0.1, 0.15) is 17.2 Å². The van der Waals surface area contributed by atoms with Gasteiger partial charge in [-0.05, 0) is 79.5 Å². The van der Waals surface area contributed by atoms with Gasteiger partial charge in [0, 0.05) is 10.8 Å². The predicted octanol–water partition coefficient (Wildman–Crippen LogP) is 4.74. The molecule has 0 aromatic carbocycles. The summed E-state index contributed by atoms with van der Waals surface area (Å²) in [6, 6.07) is 2.07. The van der Waals surface area contributed by atoms with Crippen LogP contribution in [0.3, 0.4) is 0 Å². The van der Waals surface area contributed by atoms with Gasteiger partial charge in [0.05, 0.1) is 16.7 Å². The number of carbonyl (C=O) groups excluding carboxylic acids is 1. The number of halogens is 1. The first-order chi connectivity index (χ1) is 15.9. The van der Waals surface area contributed by atoms with Crippen LogP contribution in [0.4, 0.5) is 5.00 Å². The van der Waals surface area contributed by atoms with Crippen LogP contribution in [0, 0.1) is 35.5 Å². The Hall–Kier alpha value is -1.31. The van der Waals surface area contributed by atoms with E-state index >= 15 is 0 Å². The van der Waals surface area contributed by atoms with Crippen molar-refractivity contribution in [2.75, 3.05) is 6.61 Å². The van der Waals surface area contributed by atoms with Crippen molar-refractivity contribution in [2.24, 2.45) is 33.6 Å². The van der Waals surface area contributed by atoms with Crippen LogP contribution in [0.25, 0.3) is 0 Å². The minimum absolute atomic E-state index is 0.0279. The van der Waals surface area contributed by atoms with Gasteiger partial charge in [0.15, 0.2) is 5.78 Å². The summed E-state index contributed by atoms with van der Waals surface area (Å²) in [7, 11) is 0. The maximum atomic E-state index is 12.8. The summed E-state index contributed by atoms with van der Waals surface area (Å²) < 4.78 is 0. The monoisotopic (exact) mass is 503 g/mol.